The third-order valence-electron chi connectivity index (χ3n) is 3.00. The maximum Gasteiger partial charge on any atom is 0.127 e. The molecule has 2 N–H and O–H groups in total. The third-order valence-corrected chi connectivity index (χ3v) is 3.00. The molecule has 0 bridgehead atoms. The standard InChI is InChI=1S/C15H18FN3/c1-19(11-12-4-2-3-5-15(12)16)9-8-14-7-6-13(17)10-18-14/h2-7,10H,8-9,11,17H2,1H3. The van der Waals surface area contributed by atoms with Gasteiger partial charge >= 0.3 is 0 Å². The van der Waals surface area contributed by atoms with Gasteiger partial charge in [0.15, 0.2) is 0 Å². The first-order chi connectivity index (χ1) is 9.15. The van der Waals surface area contributed by atoms with Gasteiger partial charge in [-0.3, -0.25) is 4.98 Å². The molecule has 4 heteroatoms. The highest BCUT2D eigenvalue weighted by molar-refractivity contribution is 5.34. The number of halogens is 1. The van der Waals surface area contributed by atoms with Crippen LogP contribution in [-0.4, -0.2) is 23.5 Å². The molecule has 0 radical (unpaired) electrons. The summed E-state index contributed by atoms with van der Waals surface area (Å²) in [7, 11) is 1.98. The maximum absolute atomic E-state index is 13.5. The highest BCUT2D eigenvalue weighted by Crippen LogP contribution is 2.09. The number of anilines is 1. The predicted octanol–water partition coefficient (Wildman–Crippen LogP) is 2.48. The van der Waals surface area contributed by atoms with Crippen molar-refractivity contribution in [1.29, 1.82) is 0 Å². The SMILES string of the molecule is CN(CCc1ccc(N)cn1)Cc1ccccc1F. The van der Waals surface area contributed by atoms with Crippen LogP contribution >= 0.6 is 0 Å². The molecule has 0 unspecified atom stereocenters. The van der Waals surface area contributed by atoms with Gasteiger partial charge in [-0.15, -0.1) is 0 Å². The summed E-state index contributed by atoms with van der Waals surface area (Å²) >= 11 is 0. The fraction of sp³-hybridized carbons (Fsp3) is 0.267. The zero-order valence-corrected chi connectivity index (χ0v) is 11.0. The molecule has 0 aliphatic rings. The molecule has 1 heterocycles. The molecule has 1 aromatic carbocycles. The molecule has 0 amide bonds. The van der Waals surface area contributed by atoms with Gasteiger partial charge in [0.05, 0.1) is 11.9 Å². The lowest BCUT2D eigenvalue weighted by Crippen LogP contribution is -2.21. The van der Waals surface area contributed by atoms with Crippen molar-refractivity contribution in [2.45, 2.75) is 13.0 Å². The first-order valence-electron chi connectivity index (χ1n) is 6.27. The topological polar surface area (TPSA) is 42.1 Å². The number of nitrogens with zero attached hydrogens (tertiary/aromatic N) is 2. The summed E-state index contributed by atoms with van der Waals surface area (Å²) in [4.78, 5) is 6.33. The van der Waals surface area contributed by atoms with Gasteiger partial charge in [-0.2, -0.15) is 0 Å². The molecular formula is C15H18FN3. The number of likely N-dealkylation sites (N-methyl/N-ethyl adjacent to an activating group) is 1. The van der Waals surface area contributed by atoms with Crippen LogP contribution in [0.1, 0.15) is 11.3 Å². The van der Waals surface area contributed by atoms with Crippen molar-refractivity contribution in [2.24, 2.45) is 0 Å². The summed E-state index contributed by atoms with van der Waals surface area (Å²) in [6.07, 6.45) is 2.48. The monoisotopic (exact) mass is 259 g/mol. The van der Waals surface area contributed by atoms with Crippen LogP contribution in [0.2, 0.25) is 0 Å². The van der Waals surface area contributed by atoms with Crippen LogP contribution in [0.3, 0.4) is 0 Å². The van der Waals surface area contributed by atoms with Gasteiger partial charge in [0, 0.05) is 30.8 Å². The summed E-state index contributed by atoms with van der Waals surface area (Å²) in [5.41, 5.74) is 7.97. The zero-order valence-electron chi connectivity index (χ0n) is 11.0. The number of nitrogens with two attached hydrogens (primary N) is 1. The average Bonchev–Trinajstić information content (AvgIpc) is 2.41. The van der Waals surface area contributed by atoms with E-state index in [1.165, 1.54) is 6.07 Å². The van der Waals surface area contributed by atoms with Gasteiger partial charge in [0.2, 0.25) is 0 Å². The number of nitrogen functional groups attached to an aromatic ring is 1. The Morgan fingerprint density at radius 1 is 1.21 bits per heavy atom. The van der Waals surface area contributed by atoms with Gasteiger partial charge in [-0.05, 0) is 25.2 Å². The summed E-state index contributed by atoms with van der Waals surface area (Å²) < 4.78 is 13.5. The second kappa shape index (κ2) is 6.29. The van der Waals surface area contributed by atoms with E-state index in [-0.39, 0.29) is 5.82 Å². The average molecular weight is 259 g/mol. The lowest BCUT2D eigenvalue weighted by atomic mass is 10.2. The summed E-state index contributed by atoms with van der Waals surface area (Å²) in [5, 5.41) is 0. The minimum Gasteiger partial charge on any atom is -0.397 e. The van der Waals surface area contributed by atoms with E-state index >= 15 is 0 Å². The van der Waals surface area contributed by atoms with Gasteiger partial charge in [0.1, 0.15) is 5.82 Å². The van der Waals surface area contributed by atoms with E-state index in [2.05, 4.69) is 9.88 Å². The Balaban J connectivity index is 1.86. The van der Waals surface area contributed by atoms with Crippen molar-refractivity contribution in [1.82, 2.24) is 9.88 Å². The highest BCUT2D eigenvalue weighted by Gasteiger charge is 2.05. The molecule has 0 aliphatic carbocycles. The van der Waals surface area contributed by atoms with E-state index in [0.29, 0.717) is 12.2 Å². The van der Waals surface area contributed by atoms with Crippen molar-refractivity contribution in [3.05, 3.63) is 59.7 Å². The lowest BCUT2D eigenvalue weighted by Gasteiger charge is -2.16. The van der Waals surface area contributed by atoms with Crippen molar-refractivity contribution in [3.63, 3.8) is 0 Å². The van der Waals surface area contributed by atoms with Crippen molar-refractivity contribution >= 4 is 5.69 Å². The number of rotatable bonds is 5. The summed E-state index contributed by atoms with van der Waals surface area (Å²) in [5.74, 6) is -0.153. The van der Waals surface area contributed by atoms with Crippen LogP contribution in [-0.2, 0) is 13.0 Å². The molecule has 3 nitrogen and oxygen atoms in total. The Labute approximate surface area is 112 Å². The Hall–Kier alpha value is -1.94. The molecule has 0 spiro atoms. The second-order valence-electron chi connectivity index (χ2n) is 4.66. The van der Waals surface area contributed by atoms with E-state index < -0.39 is 0 Å². The predicted molar refractivity (Wildman–Crippen MR) is 75.1 cm³/mol. The van der Waals surface area contributed by atoms with Gasteiger partial charge in [-0.1, -0.05) is 18.2 Å². The molecule has 2 rings (SSSR count). The zero-order chi connectivity index (χ0) is 13.7. The smallest absolute Gasteiger partial charge is 0.127 e. The molecular weight excluding hydrogens is 241 g/mol. The summed E-state index contributed by atoms with van der Waals surface area (Å²) in [6, 6.07) is 10.6. The number of pyridine rings is 1. The third kappa shape index (κ3) is 4.03. The van der Waals surface area contributed by atoms with Crippen molar-refractivity contribution in [3.8, 4) is 0 Å². The van der Waals surface area contributed by atoms with Crippen LogP contribution < -0.4 is 5.73 Å². The molecule has 100 valence electrons. The molecule has 1 aromatic heterocycles. The normalized spacial score (nSPS) is 10.9. The highest BCUT2D eigenvalue weighted by atomic mass is 19.1. The minimum atomic E-state index is -0.153. The second-order valence-corrected chi connectivity index (χ2v) is 4.66. The summed E-state index contributed by atoms with van der Waals surface area (Å²) in [6.45, 7) is 1.42. The first kappa shape index (κ1) is 13.5. The Morgan fingerprint density at radius 2 is 2.00 bits per heavy atom. The molecule has 2 aromatic rings. The van der Waals surface area contributed by atoms with E-state index in [4.69, 9.17) is 5.73 Å². The molecule has 0 atom stereocenters. The van der Waals surface area contributed by atoms with E-state index in [1.54, 1.807) is 12.3 Å². The number of benzene rings is 1. The van der Waals surface area contributed by atoms with Gasteiger partial charge < -0.3 is 10.6 Å². The first-order valence-corrected chi connectivity index (χ1v) is 6.27. The lowest BCUT2D eigenvalue weighted by molar-refractivity contribution is 0.324. The van der Waals surface area contributed by atoms with Gasteiger partial charge in [0.25, 0.3) is 0 Å². The van der Waals surface area contributed by atoms with Crippen molar-refractivity contribution < 1.29 is 4.39 Å². The number of hydrogen-bond acceptors (Lipinski definition) is 3. The number of hydrogen-bond donors (Lipinski definition) is 1. The quantitative estimate of drug-likeness (QED) is 0.897. The molecule has 0 saturated carbocycles. The minimum absolute atomic E-state index is 0.153. The van der Waals surface area contributed by atoms with Crippen LogP contribution in [0.5, 0.6) is 0 Å². The molecule has 19 heavy (non-hydrogen) atoms. The largest absolute Gasteiger partial charge is 0.397 e. The van der Waals surface area contributed by atoms with Gasteiger partial charge in [-0.25, -0.2) is 4.39 Å². The fourth-order valence-corrected chi connectivity index (χ4v) is 1.89. The molecule has 0 saturated heterocycles. The Kier molecular flexibility index (Phi) is 4.47. The van der Waals surface area contributed by atoms with E-state index in [0.717, 1.165) is 24.2 Å². The van der Waals surface area contributed by atoms with Crippen LogP contribution in [0, 0.1) is 5.82 Å². The van der Waals surface area contributed by atoms with Crippen LogP contribution in [0.25, 0.3) is 0 Å². The van der Waals surface area contributed by atoms with E-state index in [1.807, 2.05) is 31.3 Å². The van der Waals surface area contributed by atoms with Crippen LogP contribution in [0.15, 0.2) is 42.6 Å². The Morgan fingerprint density at radius 3 is 2.68 bits per heavy atom. The molecule has 0 aliphatic heterocycles. The van der Waals surface area contributed by atoms with Crippen molar-refractivity contribution in [2.75, 3.05) is 19.3 Å². The van der Waals surface area contributed by atoms with E-state index in [9.17, 15) is 4.39 Å². The maximum atomic E-state index is 13.5. The molecule has 0 fully saturated rings. The Bertz CT molecular complexity index is 525. The number of aromatic nitrogens is 1. The fourth-order valence-electron chi connectivity index (χ4n) is 1.89. The van der Waals surface area contributed by atoms with Crippen LogP contribution in [0.4, 0.5) is 10.1 Å².